The molecule has 5 N–H and O–H groups in total. The van der Waals surface area contributed by atoms with Crippen molar-refractivity contribution in [3.05, 3.63) is 11.6 Å². The van der Waals surface area contributed by atoms with E-state index in [1.807, 2.05) is 0 Å². The molecule has 0 aromatic rings. The Kier molecular flexibility index (Phi) is 16.9. The van der Waals surface area contributed by atoms with Crippen LogP contribution in [0.3, 0.4) is 0 Å². The number of nitrogens with two attached hydrogens (primary N) is 1. The number of ether oxygens (including phenoxy) is 2. The van der Waals surface area contributed by atoms with Crippen LogP contribution < -0.4 is 21.7 Å². The van der Waals surface area contributed by atoms with Gasteiger partial charge in [0.05, 0.1) is 24.5 Å². The van der Waals surface area contributed by atoms with Gasteiger partial charge >= 0.3 is 5.97 Å². The Labute approximate surface area is 356 Å². The summed E-state index contributed by atoms with van der Waals surface area (Å²) in [6, 6.07) is -0.609. The fraction of sp³-hybridized carbons (Fsp3) is 0.822. The lowest BCUT2D eigenvalue weighted by atomic mass is 9.47. The minimum atomic E-state index is -0.611. The van der Waals surface area contributed by atoms with Crippen molar-refractivity contribution < 1.29 is 38.2 Å². The number of carbonyl (C=O) groups is 6. The number of likely N-dealkylation sites (N-methyl/N-ethyl adjacent to an activating group) is 1. The minimum Gasteiger partial charge on any atom is -0.461 e. The number of nitrogens with zero attached hydrogens (tertiary/aromatic N) is 1. The second-order valence-corrected chi connectivity index (χ2v) is 20.3. The smallest absolute Gasteiger partial charge is 0.325 e. The maximum absolute atomic E-state index is 12.8. The van der Waals surface area contributed by atoms with E-state index in [0.717, 1.165) is 60.2 Å². The third-order valence-electron chi connectivity index (χ3n) is 15.0. The van der Waals surface area contributed by atoms with E-state index in [2.05, 4.69) is 56.6 Å². The predicted octanol–water partition coefficient (Wildman–Crippen LogP) is 4.90. The van der Waals surface area contributed by atoms with Gasteiger partial charge in [-0.3, -0.25) is 33.7 Å². The molecule has 5 amide bonds. The van der Waals surface area contributed by atoms with E-state index in [1.165, 1.54) is 62.3 Å². The van der Waals surface area contributed by atoms with Crippen LogP contribution in [0.15, 0.2) is 11.6 Å². The Morgan fingerprint density at radius 2 is 1.71 bits per heavy atom. The molecular weight excluding hydrogens is 771 g/mol. The summed E-state index contributed by atoms with van der Waals surface area (Å²) in [4.78, 5) is 75.1. The molecule has 1 heterocycles. The Bertz CT molecular complexity index is 1560. The first-order valence-electron chi connectivity index (χ1n) is 22.5. The van der Waals surface area contributed by atoms with Crippen molar-refractivity contribution in [2.24, 2.45) is 52.1 Å². The number of esters is 1. The highest BCUT2D eigenvalue weighted by Crippen LogP contribution is 2.67. The van der Waals surface area contributed by atoms with Gasteiger partial charge in [0.1, 0.15) is 12.6 Å². The third-order valence-corrected chi connectivity index (χ3v) is 16.2. The normalized spacial score (nSPS) is 31.2. The van der Waals surface area contributed by atoms with Crippen molar-refractivity contribution >= 4 is 47.3 Å². The predicted molar refractivity (Wildman–Crippen MR) is 229 cm³/mol. The van der Waals surface area contributed by atoms with Crippen LogP contribution in [0.5, 0.6) is 0 Å². The average molecular weight is 844 g/mol. The molecule has 14 heteroatoms. The Morgan fingerprint density at radius 3 is 2.44 bits per heavy atom. The number of rotatable bonds is 22. The zero-order chi connectivity index (χ0) is 42.9. The van der Waals surface area contributed by atoms with Gasteiger partial charge < -0.3 is 31.2 Å². The molecule has 332 valence electrons. The van der Waals surface area contributed by atoms with Crippen molar-refractivity contribution in [3.8, 4) is 0 Å². The summed E-state index contributed by atoms with van der Waals surface area (Å²) in [5, 5.41) is 7.50. The molecule has 0 spiro atoms. The standard InChI is InChI=1S/C45H73N5O8S/c1-28(2)8-7-9-29(3)33-12-13-34-32-11-10-30-24-31(14-18-44(30,4)35(32)15-19-45(33,34)5)58-41(54)26-49-39(52)17-22-57-23-20-48-38(51)16-21-50-40(53)25-37(43(50)56)59-27-36(47-6)42(46)55/h10,28-29,31-37,47H,7-9,11-27H2,1-6H3,(H2,46,55)(H,48,51)(H,49,52)/t29-,31?,32?,33?,34?,35?,36?,37?,44+,45-/m1/s1. The molecule has 7 unspecified atom stereocenters. The van der Waals surface area contributed by atoms with E-state index < -0.39 is 23.2 Å². The maximum atomic E-state index is 12.8. The highest BCUT2D eigenvalue weighted by Gasteiger charge is 2.59. The summed E-state index contributed by atoms with van der Waals surface area (Å²) < 4.78 is 11.4. The van der Waals surface area contributed by atoms with Crippen molar-refractivity contribution in [1.29, 1.82) is 0 Å². The first kappa shape index (κ1) is 47.1. The molecule has 4 aliphatic carbocycles. The Morgan fingerprint density at radius 1 is 0.949 bits per heavy atom. The molecule has 4 fully saturated rings. The second-order valence-electron chi connectivity index (χ2n) is 19.0. The number of hydrogen-bond acceptors (Lipinski definition) is 10. The summed E-state index contributed by atoms with van der Waals surface area (Å²) in [7, 11) is 1.60. The lowest BCUT2D eigenvalue weighted by Gasteiger charge is -2.58. The van der Waals surface area contributed by atoms with Crippen LogP contribution >= 0.6 is 11.8 Å². The highest BCUT2D eigenvalue weighted by atomic mass is 32.2. The zero-order valence-electron chi connectivity index (χ0n) is 36.6. The van der Waals surface area contributed by atoms with Crippen LogP contribution in [-0.4, -0.2) is 103 Å². The lowest BCUT2D eigenvalue weighted by molar-refractivity contribution is -0.151. The molecule has 59 heavy (non-hydrogen) atoms. The molecular formula is C45H73N5O8S. The summed E-state index contributed by atoms with van der Waals surface area (Å²) in [6.07, 6.45) is 15.7. The van der Waals surface area contributed by atoms with Crippen LogP contribution in [0.2, 0.25) is 0 Å². The van der Waals surface area contributed by atoms with E-state index >= 15 is 0 Å². The molecule has 3 saturated carbocycles. The van der Waals surface area contributed by atoms with Crippen molar-refractivity contribution in [1.82, 2.24) is 20.9 Å². The maximum Gasteiger partial charge on any atom is 0.325 e. The highest BCUT2D eigenvalue weighted by molar-refractivity contribution is 8.00. The second kappa shape index (κ2) is 21.2. The zero-order valence-corrected chi connectivity index (χ0v) is 37.4. The van der Waals surface area contributed by atoms with Crippen LogP contribution in [0.4, 0.5) is 0 Å². The fourth-order valence-corrected chi connectivity index (χ4v) is 12.9. The largest absolute Gasteiger partial charge is 0.461 e. The van der Waals surface area contributed by atoms with Gasteiger partial charge in [-0.1, -0.05) is 65.5 Å². The lowest BCUT2D eigenvalue weighted by Crippen LogP contribution is -2.51. The van der Waals surface area contributed by atoms with Crippen molar-refractivity contribution in [3.63, 3.8) is 0 Å². The van der Waals surface area contributed by atoms with E-state index in [-0.39, 0.29) is 93.0 Å². The molecule has 1 saturated heterocycles. The number of fused-ring (bicyclic) bond motifs is 5. The van der Waals surface area contributed by atoms with Gasteiger partial charge in [0, 0.05) is 44.5 Å². The quantitative estimate of drug-likeness (QED) is 0.0506. The monoisotopic (exact) mass is 844 g/mol. The van der Waals surface area contributed by atoms with Gasteiger partial charge in [-0.05, 0) is 98.3 Å². The molecule has 13 nitrogen and oxygen atoms in total. The van der Waals surface area contributed by atoms with E-state index in [0.29, 0.717) is 11.3 Å². The number of nitrogens with one attached hydrogen (secondary N) is 3. The van der Waals surface area contributed by atoms with Gasteiger partial charge in [0.25, 0.3) is 0 Å². The molecule has 5 rings (SSSR count). The van der Waals surface area contributed by atoms with Crippen molar-refractivity contribution in [2.45, 2.75) is 142 Å². The van der Waals surface area contributed by atoms with Gasteiger partial charge in [-0.15, -0.1) is 11.8 Å². The van der Waals surface area contributed by atoms with Crippen LogP contribution in [0.25, 0.3) is 0 Å². The first-order chi connectivity index (χ1) is 28.1. The van der Waals surface area contributed by atoms with Crippen LogP contribution in [-0.2, 0) is 38.2 Å². The van der Waals surface area contributed by atoms with Crippen LogP contribution in [0.1, 0.15) is 125 Å². The van der Waals surface area contributed by atoms with E-state index in [4.69, 9.17) is 15.2 Å². The molecule has 0 radical (unpaired) electrons. The summed E-state index contributed by atoms with van der Waals surface area (Å²) in [6.45, 7) is 12.6. The average Bonchev–Trinajstić information content (AvgIpc) is 3.68. The fourth-order valence-electron chi connectivity index (χ4n) is 11.6. The topological polar surface area (TPSA) is 186 Å². The Hall–Kier alpha value is -2.97. The molecule has 1 aliphatic heterocycles. The number of likely N-dealkylation sites (tertiary alicyclic amines) is 1. The number of primary amides is 1. The van der Waals surface area contributed by atoms with E-state index in [1.54, 1.807) is 7.05 Å². The van der Waals surface area contributed by atoms with Gasteiger partial charge in [0.2, 0.25) is 29.5 Å². The molecule has 0 bridgehead atoms. The molecule has 0 aromatic carbocycles. The first-order valence-corrected chi connectivity index (χ1v) is 23.5. The van der Waals surface area contributed by atoms with Crippen LogP contribution in [0, 0.1) is 46.3 Å². The van der Waals surface area contributed by atoms with Gasteiger partial charge in [-0.2, -0.15) is 0 Å². The summed E-state index contributed by atoms with van der Waals surface area (Å²) >= 11 is 1.19. The number of hydrogen-bond donors (Lipinski definition) is 4. The van der Waals surface area contributed by atoms with E-state index in [9.17, 15) is 28.8 Å². The Balaban J connectivity index is 0.935. The molecule has 5 aliphatic rings. The number of thioether (sulfide) groups is 1. The molecule has 10 atom stereocenters. The SMILES string of the molecule is CNC(CSC1CC(=O)N(CCC(=O)NCCOCCC(=O)NCC(=O)OC2CC[C@@]3(C)C(=CCC4C5CCC([C@H](C)CCCC(C)C)[C@@]5(C)CCC43)C2)C1=O)C(N)=O. The number of amides is 5. The van der Waals surface area contributed by atoms with Crippen molar-refractivity contribution in [2.75, 3.05) is 45.6 Å². The number of allylic oxidation sites excluding steroid dienone is 1. The minimum absolute atomic E-state index is 0.0149. The summed E-state index contributed by atoms with van der Waals surface area (Å²) in [5.74, 6) is 2.63. The van der Waals surface area contributed by atoms with Gasteiger partial charge in [0.15, 0.2) is 0 Å². The molecule has 0 aromatic heterocycles. The third kappa shape index (κ3) is 11.7. The number of imide groups is 1. The summed E-state index contributed by atoms with van der Waals surface area (Å²) in [5.41, 5.74) is 7.43. The van der Waals surface area contributed by atoms with Gasteiger partial charge in [-0.25, -0.2) is 0 Å². The number of carbonyl (C=O) groups excluding carboxylic acids is 6.